The van der Waals surface area contributed by atoms with E-state index in [-0.39, 0.29) is 18.8 Å². The van der Waals surface area contributed by atoms with Crippen LogP contribution in [0.15, 0.2) is 0 Å². The second-order valence-electron chi connectivity index (χ2n) is 5.33. The summed E-state index contributed by atoms with van der Waals surface area (Å²) in [4.78, 5) is 0. The average Bonchev–Trinajstić information content (AvgIpc) is 2.26. The zero-order valence-electron chi connectivity index (χ0n) is 10.7. The second kappa shape index (κ2) is 6.58. The summed E-state index contributed by atoms with van der Waals surface area (Å²) in [5.74, 6) is 0.346. The van der Waals surface area contributed by atoms with Crippen LogP contribution in [0.4, 0.5) is 0 Å². The Labute approximate surface area is 99.3 Å². The molecule has 0 aromatic heterocycles. The molecule has 96 valence electrons. The maximum atomic E-state index is 9.50. The fraction of sp³-hybridized carbons (Fsp3) is 1.00. The summed E-state index contributed by atoms with van der Waals surface area (Å²) in [6.07, 6.45) is 6.52. The summed E-state index contributed by atoms with van der Waals surface area (Å²) in [6.45, 7) is 4.92. The summed E-state index contributed by atoms with van der Waals surface area (Å²) < 4.78 is 0. The highest BCUT2D eigenvalue weighted by Gasteiger charge is 2.37. The van der Waals surface area contributed by atoms with E-state index >= 15 is 0 Å². The molecule has 0 radical (unpaired) electrons. The molecule has 0 aliphatic carbocycles. The van der Waals surface area contributed by atoms with Gasteiger partial charge in [0.1, 0.15) is 0 Å². The Balaban J connectivity index is 2.59. The predicted octanol–water partition coefficient (Wildman–Crippen LogP) is 1.68. The zero-order chi connectivity index (χ0) is 12.0. The molecular formula is C13H27NO2. The smallest absolute Gasteiger partial charge is 0.0476 e. The summed E-state index contributed by atoms with van der Waals surface area (Å²) in [7, 11) is 0. The van der Waals surface area contributed by atoms with Crippen molar-refractivity contribution in [1.29, 1.82) is 0 Å². The molecular weight excluding hydrogens is 202 g/mol. The maximum absolute atomic E-state index is 9.50. The van der Waals surface area contributed by atoms with Crippen molar-refractivity contribution < 1.29 is 10.2 Å². The van der Waals surface area contributed by atoms with Crippen molar-refractivity contribution in [2.24, 2.45) is 5.92 Å². The Morgan fingerprint density at radius 2 is 2.19 bits per heavy atom. The highest BCUT2D eigenvalue weighted by Crippen LogP contribution is 2.32. The van der Waals surface area contributed by atoms with Gasteiger partial charge in [-0.25, -0.2) is 0 Å². The van der Waals surface area contributed by atoms with Gasteiger partial charge in [-0.1, -0.05) is 19.8 Å². The molecule has 1 heterocycles. The molecule has 1 fully saturated rings. The van der Waals surface area contributed by atoms with E-state index in [2.05, 4.69) is 19.2 Å². The minimum Gasteiger partial charge on any atom is -0.396 e. The van der Waals surface area contributed by atoms with Gasteiger partial charge < -0.3 is 15.5 Å². The average molecular weight is 229 g/mol. The van der Waals surface area contributed by atoms with E-state index in [0.29, 0.717) is 12.0 Å². The monoisotopic (exact) mass is 229 g/mol. The maximum Gasteiger partial charge on any atom is 0.0476 e. The molecule has 1 rings (SSSR count). The lowest BCUT2D eigenvalue weighted by atomic mass is 9.75. The normalized spacial score (nSPS) is 32.6. The van der Waals surface area contributed by atoms with Gasteiger partial charge in [0.2, 0.25) is 0 Å². The van der Waals surface area contributed by atoms with Gasteiger partial charge in [0.05, 0.1) is 0 Å². The van der Waals surface area contributed by atoms with Crippen LogP contribution in [0.3, 0.4) is 0 Å². The molecule has 0 saturated carbocycles. The first-order valence-corrected chi connectivity index (χ1v) is 6.65. The van der Waals surface area contributed by atoms with Gasteiger partial charge in [-0.2, -0.15) is 0 Å². The fourth-order valence-corrected chi connectivity index (χ4v) is 2.98. The number of rotatable bonds is 6. The Morgan fingerprint density at radius 1 is 1.44 bits per heavy atom. The molecule has 0 bridgehead atoms. The lowest BCUT2D eigenvalue weighted by Gasteiger charge is -2.44. The lowest BCUT2D eigenvalue weighted by Crippen LogP contribution is -2.57. The quantitative estimate of drug-likeness (QED) is 0.649. The molecule has 1 aliphatic heterocycles. The van der Waals surface area contributed by atoms with E-state index in [4.69, 9.17) is 5.11 Å². The van der Waals surface area contributed by atoms with Crippen molar-refractivity contribution in [3.63, 3.8) is 0 Å². The van der Waals surface area contributed by atoms with Crippen molar-refractivity contribution >= 4 is 0 Å². The van der Waals surface area contributed by atoms with Crippen LogP contribution in [-0.4, -0.2) is 35.0 Å². The Morgan fingerprint density at radius 3 is 2.75 bits per heavy atom. The number of hydrogen-bond acceptors (Lipinski definition) is 3. The molecule has 1 saturated heterocycles. The molecule has 0 spiro atoms. The molecule has 1 unspecified atom stereocenters. The van der Waals surface area contributed by atoms with Gasteiger partial charge in [-0.05, 0) is 38.5 Å². The topological polar surface area (TPSA) is 52.5 Å². The van der Waals surface area contributed by atoms with Crippen LogP contribution < -0.4 is 5.32 Å². The van der Waals surface area contributed by atoms with Crippen LogP contribution in [0.1, 0.15) is 52.4 Å². The third kappa shape index (κ3) is 3.44. The Hall–Kier alpha value is -0.120. The van der Waals surface area contributed by atoms with Crippen LogP contribution in [-0.2, 0) is 0 Å². The standard InChI is InChI=1S/C13H27NO2/c1-3-5-11(10-16)13(2)8-4-6-12(14-13)7-9-15/h11-12,14-16H,3-10H2,1-2H3/t11?,12-,13-/m0/s1. The van der Waals surface area contributed by atoms with Crippen molar-refractivity contribution in [2.45, 2.75) is 64.0 Å². The van der Waals surface area contributed by atoms with Gasteiger partial charge in [-0.3, -0.25) is 0 Å². The van der Waals surface area contributed by atoms with Crippen molar-refractivity contribution in [3.05, 3.63) is 0 Å². The SMILES string of the molecule is CCCC(CO)[C@]1(C)CCC[C@@H](CCO)N1. The molecule has 0 aromatic carbocycles. The number of aliphatic hydroxyl groups excluding tert-OH is 2. The second-order valence-corrected chi connectivity index (χ2v) is 5.33. The molecule has 0 aromatic rings. The molecule has 16 heavy (non-hydrogen) atoms. The van der Waals surface area contributed by atoms with E-state index in [0.717, 1.165) is 32.1 Å². The van der Waals surface area contributed by atoms with E-state index in [1.807, 2.05) is 0 Å². The predicted molar refractivity (Wildman–Crippen MR) is 66.4 cm³/mol. The fourth-order valence-electron chi connectivity index (χ4n) is 2.98. The first kappa shape index (κ1) is 13.9. The van der Waals surface area contributed by atoms with Crippen molar-refractivity contribution in [2.75, 3.05) is 13.2 Å². The highest BCUT2D eigenvalue weighted by molar-refractivity contribution is 4.95. The molecule has 3 nitrogen and oxygen atoms in total. The lowest BCUT2D eigenvalue weighted by molar-refractivity contribution is 0.0801. The van der Waals surface area contributed by atoms with E-state index in [9.17, 15) is 5.11 Å². The summed E-state index contributed by atoms with van der Waals surface area (Å²) in [6, 6.07) is 0.426. The number of hydrogen-bond donors (Lipinski definition) is 3. The van der Waals surface area contributed by atoms with Gasteiger partial charge >= 0.3 is 0 Å². The van der Waals surface area contributed by atoms with Crippen LogP contribution >= 0.6 is 0 Å². The minimum absolute atomic E-state index is 0.0584. The largest absolute Gasteiger partial charge is 0.396 e. The summed E-state index contributed by atoms with van der Waals surface area (Å²) >= 11 is 0. The van der Waals surface area contributed by atoms with Gasteiger partial charge in [0.15, 0.2) is 0 Å². The van der Waals surface area contributed by atoms with Crippen molar-refractivity contribution in [1.82, 2.24) is 5.32 Å². The zero-order valence-corrected chi connectivity index (χ0v) is 10.7. The van der Waals surface area contributed by atoms with E-state index in [1.165, 1.54) is 6.42 Å². The van der Waals surface area contributed by atoms with Crippen LogP contribution in [0, 0.1) is 5.92 Å². The third-order valence-corrected chi connectivity index (χ3v) is 4.02. The molecule has 3 heteroatoms. The van der Waals surface area contributed by atoms with Crippen LogP contribution in [0.5, 0.6) is 0 Å². The van der Waals surface area contributed by atoms with Crippen molar-refractivity contribution in [3.8, 4) is 0 Å². The van der Waals surface area contributed by atoms with Gasteiger partial charge in [0.25, 0.3) is 0 Å². The van der Waals surface area contributed by atoms with E-state index < -0.39 is 0 Å². The Kier molecular flexibility index (Phi) is 5.73. The summed E-state index contributed by atoms with van der Waals surface area (Å²) in [5, 5.41) is 22.1. The molecule has 3 atom stereocenters. The molecule has 0 amide bonds. The summed E-state index contributed by atoms with van der Waals surface area (Å²) in [5.41, 5.74) is 0.0584. The number of piperidine rings is 1. The van der Waals surface area contributed by atoms with Crippen LogP contribution in [0.2, 0.25) is 0 Å². The van der Waals surface area contributed by atoms with Gasteiger partial charge in [-0.15, -0.1) is 0 Å². The minimum atomic E-state index is 0.0584. The van der Waals surface area contributed by atoms with Crippen LogP contribution in [0.25, 0.3) is 0 Å². The molecule has 3 N–H and O–H groups in total. The third-order valence-electron chi connectivity index (χ3n) is 4.02. The first-order valence-electron chi connectivity index (χ1n) is 6.65. The number of nitrogens with one attached hydrogen (secondary N) is 1. The van der Waals surface area contributed by atoms with Gasteiger partial charge in [0, 0.05) is 24.8 Å². The highest BCUT2D eigenvalue weighted by atomic mass is 16.3. The number of aliphatic hydroxyl groups is 2. The Bertz CT molecular complexity index is 196. The molecule has 1 aliphatic rings. The van der Waals surface area contributed by atoms with E-state index in [1.54, 1.807) is 0 Å². The first-order chi connectivity index (χ1) is 7.66.